The van der Waals surface area contributed by atoms with E-state index in [1.807, 2.05) is 18.0 Å². The molecule has 2 aromatic rings. The quantitative estimate of drug-likeness (QED) is 0.800. The third-order valence-corrected chi connectivity index (χ3v) is 7.21. The molecule has 0 spiro atoms. The molecule has 0 atom stereocenters. The third-order valence-electron chi connectivity index (χ3n) is 5.30. The number of pyridine rings is 1. The second-order valence-corrected chi connectivity index (χ2v) is 8.98. The van der Waals surface area contributed by atoms with E-state index in [0.29, 0.717) is 36.9 Å². The summed E-state index contributed by atoms with van der Waals surface area (Å²) in [4.78, 5) is 15.8. The van der Waals surface area contributed by atoms with Gasteiger partial charge in [-0.1, -0.05) is 13.3 Å². The molecule has 0 saturated carbocycles. The molecule has 0 aromatic carbocycles. The molecule has 1 fully saturated rings. The number of hydrogen-bond acceptors (Lipinski definition) is 6. The summed E-state index contributed by atoms with van der Waals surface area (Å²) in [6, 6.07) is 3.38. The Morgan fingerprint density at radius 1 is 1.11 bits per heavy atom. The molecule has 7 nitrogen and oxygen atoms in total. The lowest BCUT2D eigenvalue weighted by Gasteiger charge is -2.32. The topological polar surface area (TPSA) is 79.3 Å². The van der Waals surface area contributed by atoms with Crippen molar-refractivity contribution in [2.24, 2.45) is 0 Å². The van der Waals surface area contributed by atoms with Gasteiger partial charge in [-0.3, -0.25) is 0 Å². The largest absolute Gasteiger partial charge is 0.349 e. The van der Waals surface area contributed by atoms with Crippen LogP contribution in [0.25, 0.3) is 0 Å². The molecule has 0 N–H and O–H groups in total. The van der Waals surface area contributed by atoms with Gasteiger partial charge in [-0.25, -0.2) is 23.4 Å². The van der Waals surface area contributed by atoms with Crippen molar-refractivity contribution in [1.29, 1.82) is 0 Å². The summed E-state index contributed by atoms with van der Waals surface area (Å²) in [5.74, 6) is 1.35. The Balaban J connectivity index is 1.67. The van der Waals surface area contributed by atoms with Crippen LogP contribution in [0.4, 0.5) is 5.82 Å². The number of sulfonamides is 1. The van der Waals surface area contributed by atoms with Gasteiger partial charge in [-0.05, 0) is 37.0 Å². The molecule has 0 amide bonds. The van der Waals surface area contributed by atoms with Gasteiger partial charge in [0.25, 0.3) is 0 Å². The number of aryl methyl sites for hydroxylation is 1. The van der Waals surface area contributed by atoms with Crippen LogP contribution in [0.15, 0.2) is 29.4 Å². The first kappa shape index (κ1) is 18.3. The van der Waals surface area contributed by atoms with E-state index in [1.165, 1.54) is 0 Å². The van der Waals surface area contributed by atoms with Gasteiger partial charge < -0.3 is 4.90 Å². The number of fused-ring (bicyclic) bond motifs is 1. The normalized spacial score (nSPS) is 18.3. The number of piperidine rings is 1. The standard InChI is InChI=1S/C19H25N5O2S/c1-2-18-21-13-15-8-12-23(14-16(15)22-18)19-17(7-6-9-20-19)27(25,26)24-10-4-3-5-11-24/h6-7,9,13H,2-5,8,10-12,14H2,1H3. The molecule has 0 unspecified atom stereocenters. The highest BCUT2D eigenvalue weighted by Crippen LogP contribution is 2.30. The minimum Gasteiger partial charge on any atom is -0.349 e. The Labute approximate surface area is 160 Å². The maximum absolute atomic E-state index is 13.2. The summed E-state index contributed by atoms with van der Waals surface area (Å²) < 4.78 is 28.1. The Hall–Kier alpha value is -2.06. The van der Waals surface area contributed by atoms with Crippen LogP contribution >= 0.6 is 0 Å². The first-order valence-corrected chi connectivity index (χ1v) is 11.1. The zero-order valence-electron chi connectivity index (χ0n) is 15.6. The van der Waals surface area contributed by atoms with E-state index < -0.39 is 10.0 Å². The Morgan fingerprint density at radius 2 is 1.93 bits per heavy atom. The molecule has 2 aromatic heterocycles. The zero-order valence-corrected chi connectivity index (χ0v) is 16.5. The van der Waals surface area contributed by atoms with E-state index in [4.69, 9.17) is 0 Å². The molecular formula is C19H25N5O2S. The van der Waals surface area contributed by atoms with Gasteiger partial charge in [0.05, 0.1) is 12.2 Å². The smallest absolute Gasteiger partial charge is 0.246 e. The van der Waals surface area contributed by atoms with Crippen molar-refractivity contribution in [3.63, 3.8) is 0 Å². The molecule has 8 heteroatoms. The Morgan fingerprint density at radius 3 is 2.70 bits per heavy atom. The molecule has 4 heterocycles. The van der Waals surface area contributed by atoms with E-state index in [9.17, 15) is 8.42 Å². The Kier molecular flexibility index (Phi) is 5.10. The summed E-state index contributed by atoms with van der Waals surface area (Å²) in [5, 5.41) is 0. The average molecular weight is 388 g/mol. The number of anilines is 1. The third kappa shape index (κ3) is 3.55. The van der Waals surface area contributed by atoms with Crippen molar-refractivity contribution in [1.82, 2.24) is 19.3 Å². The summed E-state index contributed by atoms with van der Waals surface area (Å²) >= 11 is 0. The second-order valence-electron chi connectivity index (χ2n) is 7.07. The number of nitrogens with zero attached hydrogens (tertiary/aromatic N) is 5. The fraction of sp³-hybridized carbons (Fsp3) is 0.526. The molecule has 144 valence electrons. The van der Waals surface area contributed by atoms with Crippen LogP contribution in [0.2, 0.25) is 0 Å². The lowest BCUT2D eigenvalue weighted by molar-refractivity contribution is 0.346. The lowest BCUT2D eigenvalue weighted by Crippen LogP contribution is -2.38. The van der Waals surface area contributed by atoms with Crippen molar-refractivity contribution in [3.05, 3.63) is 41.6 Å². The molecule has 1 saturated heterocycles. The fourth-order valence-corrected chi connectivity index (χ4v) is 5.44. The van der Waals surface area contributed by atoms with Gasteiger partial charge in [0, 0.05) is 38.4 Å². The second kappa shape index (κ2) is 7.52. The molecule has 4 rings (SSSR count). The highest BCUT2D eigenvalue weighted by molar-refractivity contribution is 7.89. The highest BCUT2D eigenvalue weighted by atomic mass is 32.2. The van der Waals surface area contributed by atoms with E-state index >= 15 is 0 Å². The molecule has 0 radical (unpaired) electrons. The van der Waals surface area contributed by atoms with Crippen molar-refractivity contribution in [3.8, 4) is 0 Å². The van der Waals surface area contributed by atoms with Crippen molar-refractivity contribution in [2.75, 3.05) is 24.5 Å². The molecule has 0 aliphatic carbocycles. The van der Waals surface area contributed by atoms with Crippen LogP contribution in [0.1, 0.15) is 43.3 Å². The van der Waals surface area contributed by atoms with Gasteiger partial charge in [-0.15, -0.1) is 0 Å². The van der Waals surface area contributed by atoms with Crippen LogP contribution in [0.3, 0.4) is 0 Å². The predicted molar refractivity (Wildman–Crippen MR) is 103 cm³/mol. The highest BCUT2D eigenvalue weighted by Gasteiger charge is 2.31. The minimum absolute atomic E-state index is 0.306. The molecule has 2 aliphatic heterocycles. The summed E-state index contributed by atoms with van der Waals surface area (Å²) in [6.07, 6.45) is 8.07. The minimum atomic E-state index is -3.54. The van der Waals surface area contributed by atoms with Crippen LogP contribution < -0.4 is 4.90 Å². The summed E-state index contributed by atoms with van der Waals surface area (Å²) in [7, 11) is -3.54. The SMILES string of the molecule is CCc1ncc2c(n1)CN(c1ncccc1S(=O)(=O)N1CCCCC1)CC2. The van der Waals surface area contributed by atoms with E-state index in [0.717, 1.165) is 49.2 Å². The van der Waals surface area contributed by atoms with Crippen LogP contribution in [0, 0.1) is 0 Å². The molecule has 2 aliphatic rings. The van der Waals surface area contributed by atoms with Gasteiger partial charge >= 0.3 is 0 Å². The number of hydrogen-bond donors (Lipinski definition) is 0. The van der Waals surface area contributed by atoms with Crippen LogP contribution in [0.5, 0.6) is 0 Å². The lowest BCUT2D eigenvalue weighted by atomic mass is 10.1. The first-order valence-electron chi connectivity index (χ1n) is 9.63. The van der Waals surface area contributed by atoms with Gasteiger partial charge in [0.1, 0.15) is 16.5 Å². The first-order chi connectivity index (χ1) is 13.1. The molecule has 0 bridgehead atoms. The fourth-order valence-electron chi connectivity index (χ4n) is 3.76. The van der Waals surface area contributed by atoms with E-state index in [2.05, 4.69) is 15.0 Å². The maximum atomic E-state index is 13.2. The summed E-state index contributed by atoms with van der Waals surface area (Å²) in [6.45, 7) is 4.48. The predicted octanol–water partition coefficient (Wildman–Crippen LogP) is 2.17. The Bertz CT molecular complexity index is 925. The van der Waals surface area contributed by atoms with Crippen molar-refractivity contribution in [2.45, 2.75) is 50.5 Å². The zero-order chi connectivity index (χ0) is 18.9. The number of rotatable bonds is 4. The van der Waals surface area contributed by atoms with Gasteiger partial charge in [0.15, 0.2) is 0 Å². The molecule has 27 heavy (non-hydrogen) atoms. The van der Waals surface area contributed by atoms with Crippen molar-refractivity contribution < 1.29 is 8.42 Å². The molecular weight excluding hydrogens is 362 g/mol. The average Bonchev–Trinajstić information content (AvgIpc) is 2.73. The number of aromatic nitrogens is 3. The van der Waals surface area contributed by atoms with E-state index in [-0.39, 0.29) is 0 Å². The van der Waals surface area contributed by atoms with Gasteiger partial charge in [0.2, 0.25) is 10.0 Å². The van der Waals surface area contributed by atoms with Crippen LogP contribution in [-0.4, -0.2) is 47.3 Å². The van der Waals surface area contributed by atoms with E-state index in [1.54, 1.807) is 22.6 Å². The van der Waals surface area contributed by atoms with Crippen LogP contribution in [-0.2, 0) is 29.4 Å². The van der Waals surface area contributed by atoms with Crippen molar-refractivity contribution >= 4 is 15.8 Å². The monoisotopic (exact) mass is 387 g/mol. The van der Waals surface area contributed by atoms with Gasteiger partial charge in [-0.2, -0.15) is 4.31 Å². The summed E-state index contributed by atoms with van der Waals surface area (Å²) in [5.41, 5.74) is 2.11. The maximum Gasteiger partial charge on any atom is 0.246 e.